The van der Waals surface area contributed by atoms with Gasteiger partial charge >= 0.3 is 5.97 Å². The maximum Gasteiger partial charge on any atom is 0.328 e. The van der Waals surface area contributed by atoms with E-state index in [9.17, 15) is 14.4 Å². The summed E-state index contributed by atoms with van der Waals surface area (Å²) >= 11 is 0. The minimum Gasteiger partial charge on any atom is -0.463 e. The summed E-state index contributed by atoms with van der Waals surface area (Å²) in [5, 5.41) is 12.5. The van der Waals surface area contributed by atoms with E-state index in [1.165, 1.54) is 7.11 Å². The Balaban J connectivity index is 2.50. The molecule has 0 aliphatic rings. The maximum atomic E-state index is 12.3. The molecule has 150 valence electrons. The zero-order chi connectivity index (χ0) is 20.8. The number of nitrogens with one attached hydrogen (secondary N) is 3. The molecule has 0 unspecified atom stereocenters. The fourth-order valence-electron chi connectivity index (χ4n) is 2.26. The van der Waals surface area contributed by atoms with Gasteiger partial charge in [-0.05, 0) is 12.0 Å². The van der Waals surface area contributed by atoms with Crippen LogP contribution in [-0.2, 0) is 30.4 Å². The van der Waals surface area contributed by atoms with Crippen molar-refractivity contribution in [1.29, 1.82) is 5.41 Å². The zero-order valence-electron chi connectivity index (χ0n) is 15.8. The Hall–Kier alpha value is -3.02. The molecule has 1 amide bonds. The van der Waals surface area contributed by atoms with Crippen molar-refractivity contribution in [2.24, 2.45) is 0 Å². The lowest BCUT2D eigenvalue weighted by molar-refractivity contribution is -0.148. The van der Waals surface area contributed by atoms with Gasteiger partial charge in [-0.3, -0.25) is 9.59 Å². The quantitative estimate of drug-likeness (QED) is 0.196. The summed E-state index contributed by atoms with van der Waals surface area (Å²) in [7, 11) is 1.27. The average Bonchev–Trinajstić information content (AvgIpc) is 2.72. The second-order valence-corrected chi connectivity index (χ2v) is 5.82. The summed E-state index contributed by atoms with van der Waals surface area (Å²) in [4.78, 5) is 35.7. The number of terminal acetylenes is 1. The number of carbonyl (C=O) groups is 3. The van der Waals surface area contributed by atoms with Crippen LogP contribution in [0.5, 0.6) is 0 Å². The van der Waals surface area contributed by atoms with Gasteiger partial charge in [-0.1, -0.05) is 36.3 Å². The summed E-state index contributed by atoms with van der Waals surface area (Å²) in [6, 6.07) is 8.69. The van der Waals surface area contributed by atoms with Gasteiger partial charge in [-0.15, -0.1) is 6.42 Å². The highest BCUT2D eigenvalue weighted by Gasteiger charge is 2.26. The van der Waals surface area contributed by atoms with Crippen molar-refractivity contribution >= 4 is 23.9 Å². The lowest BCUT2D eigenvalue weighted by Crippen LogP contribution is -2.47. The van der Waals surface area contributed by atoms with Crippen molar-refractivity contribution in [2.75, 3.05) is 20.3 Å². The fourth-order valence-corrected chi connectivity index (χ4v) is 2.26. The Labute approximate surface area is 164 Å². The third kappa shape index (κ3) is 8.58. The molecule has 3 N–H and O–H groups in total. The first kappa shape index (κ1) is 23.0. The van der Waals surface area contributed by atoms with Crippen LogP contribution in [0.2, 0.25) is 0 Å². The topological polar surface area (TPSA) is 118 Å². The van der Waals surface area contributed by atoms with Gasteiger partial charge in [0.25, 0.3) is 5.91 Å². The molecule has 0 aromatic heterocycles. The highest BCUT2D eigenvalue weighted by atomic mass is 16.5. The molecule has 0 saturated heterocycles. The predicted octanol–water partition coefficient (Wildman–Crippen LogP) is 0.451. The second kappa shape index (κ2) is 13.2. The minimum absolute atomic E-state index is 0.00274. The van der Waals surface area contributed by atoms with Crippen molar-refractivity contribution in [2.45, 2.75) is 31.5 Å². The van der Waals surface area contributed by atoms with Crippen LogP contribution in [0.15, 0.2) is 30.3 Å². The molecule has 0 spiro atoms. The highest BCUT2D eigenvalue weighted by molar-refractivity contribution is 6.26. The fraction of sp³-hybridized carbons (Fsp3) is 0.400. The van der Waals surface area contributed by atoms with Gasteiger partial charge in [0.1, 0.15) is 12.6 Å². The molecule has 1 rings (SSSR count). The Morgan fingerprint density at radius 2 is 2.00 bits per heavy atom. The van der Waals surface area contributed by atoms with Crippen molar-refractivity contribution in [3.8, 4) is 12.3 Å². The minimum atomic E-state index is -1.15. The van der Waals surface area contributed by atoms with Crippen molar-refractivity contribution in [3.05, 3.63) is 35.9 Å². The van der Waals surface area contributed by atoms with Crippen LogP contribution in [0.3, 0.4) is 0 Å². The molecule has 2 atom stereocenters. The first-order chi connectivity index (χ1) is 13.5. The number of Topliss-reactive ketones (excluding diaryl/α,β-unsaturated/α-hetero) is 1. The van der Waals surface area contributed by atoms with Crippen LogP contribution in [0.1, 0.15) is 18.4 Å². The van der Waals surface area contributed by atoms with E-state index in [4.69, 9.17) is 21.3 Å². The Morgan fingerprint density at radius 1 is 1.29 bits per heavy atom. The number of rotatable bonds is 13. The summed E-state index contributed by atoms with van der Waals surface area (Å²) in [5.74, 6) is 0.336. The SMILES string of the molecule is C#C[C@H](OC)C(=O)N[C@@H](CCC(=O)C=N)C(=O)OCCNCc1ccccc1. The number of benzene rings is 1. The van der Waals surface area contributed by atoms with Crippen molar-refractivity contribution in [3.63, 3.8) is 0 Å². The van der Waals surface area contributed by atoms with Crippen LogP contribution in [0.25, 0.3) is 0 Å². The standard InChI is InChI=1S/C20H25N3O5/c1-3-18(27-2)19(25)23-17(10-9-16(24)13-21)20(26)28-12-11-22-14-15-7-5-4-6-8-15/h1,4-8,13,17-18,21-22H,9-12,14H2,2H3,(H,23,25)/t17-,18-/m0/s1. The first-order valence-electron chi connectivity index (χ1n) is 8.75. The molecular weight excluding hydrogens is 362 g/mol. The number of ether oxygens (including phenoxy) is 2. The first-order valence-corrected chi connectivity index (χ1v) is 8.75. The number of amides is 1. The molecule has 0 aliphatic heterocycles. The molecular formula is C20H25N3O5. The van der Waals surface area contributed by atoms with Gasteiger partial charge in [0.2, 0.25) is 0 Å². The molecule has 0 aliphatic carbocycles. The summed E-state index contributed by atoms with van der Waals surface area (Å²) in [6.07, 6.45) is 4.63. The molecule has 8 nitrogen and oxygen atoms in total. The molecule has 0 fully saturated rings. The van der Waals surface area contributed by atoms with E-state index in [2.05, 4.69) is 16.6 Å². The Morgan fingerprint density at radius 3 is 2.61 bits per heavy atom. The van der Waals surface area contributed by atoms with E-state index >= 15 is 0 Å². The van der Waals surface area contributed by atoms with Crippen LogP contribution >= 0.6 is 0 Å². The number of ketones is 1. The third-order valence-corrected chi connectivity index (χ3v) is 3.76. The van der Waals surface area contributed by atoms with Crippen LogP contribution < -0.4 is 10.6 Å². The molecule has 1 aromatic carbocycles. The number of methoxy groups -OCH3 is 1. The number of hydrogen-bond acceptors (Lipinski definition) is 7. The Bertz CT molecular complexity index is 700. The van der Waals surface area contributed by atoms with E-state index in [1.807, 2.05) is 30.3 Å². The molecule has 0 radical (unpaired) electrons. The normalized spacial score (nSPS) is 12.3. The maximum absolute atomic E-state index is 12.3. The number of esters is 1. The van der Waals surface area contributed by atoms with E-state index in [1.54, 1.807) is 0 Å². The van der Waals surface area contributed by atoms with E-state index in [0.29, 0.717) is 19.3 Å². The summed E-state index contributed by atoms with van der Waals surface area (Å²) < 4.78 is 10.0. The summed E-state index contributed by atoms with van der Waals surface area (Å²) in [6.45, 7) is 1.15. The monoisotopic (exact) mass is 387 g/mol. The smallest absolute Gasteiger partial charge is 0.328 e. The van der Waals surface area contributed by atoms with Gasteiger partial charge in [-0.2, -0.15) is 0 Å². The van der Waals surface area contributed by atoms with E-state index in [-0.39, 0.29) is 19.4 Å². The highest BCUT2D eigenvalue weighted by Crippen LogP contribution is 2.03. The largest absolute Gasteiger partial charge is 0.463 e. The van der Waals surface area contributed by atoms with Crippen LogP contribution in [-0.4, -0.2) is 56.3 Å². The predicted molar refractivity (Wildman–Crippen MR) is 104 cm³/mol. The molecule has 0 bridgehead atoms. The molecule has 28 heavy (non-hydrogen) atoms. The van der Waals surface area contributed by atoms with Gasteiger partial charge < -0.3 is 25.5 Å². The number of carbonyl (C=O) groups excluding carboxylic acids is 3. The van der Waals surface area contributed by atoms with Gasteiger partial charge in [0.15, 0.2) is 11.9 Å². The Kier molecular flexibility index (Phi) is 10.8. The van der Waals surface area contributed by atoms with Crippen molar-refractivity contribution in [1.82, 2.24) is 10.6 Å². The summed E-state index contributed by atoms with van der Waals surface area (Å²) in [5.41, 5.74) is 1.10. The average molecular weight is 387 g/mol. The van der Waals surface area contributed by atoms with Crippen LogP contribution in [0.4, 0.5) is 0 Å². The third-order valence-electron chi connectivity index (χ3n) is 3.76. The second-order valence-electron chi connectivity index (χ2n) is 5.82. The zero-order valence-corrected chi connectivity index (χ0v) is 15.8. The molecule has 8 heteroatoms. The molecule has 0 saturated carbocycles. The lowest BCUT2D eigenvalue weighted by Gasteiger charge is -2.19. The molecule has 1 aromatic rings. The van der Waals surface area contributed by atoms with Gasteiger partial charge in [0.05, 0.1) is 6.21 Å². The van der Waals surface area contributed by atoms with Crippen molar-refractivity contribution < 1.29 is 23.9 Å². The van der Waals surface area contributed by atoms with Gasteiger partial charge in [0, 0.05) is 26.6 Å². The number of hydrogen-bond donors (Lipinski definition) is 3. The molecule has 0 heterocycles. The van der Waals surface area contributed by atoms with E-state index < -0.39 is 29.8 Å². The van der Waals surface area contributed by atoms with Gasteiger partial charge in [-0.25, -0.2) is 4.79 Å². The van der Waals surface area contributed by atoms with Crippen LogP contribution in [0, 0.1) is 17.8 Å². The van der Waals surface area contributed by atoms with E-state index in [0.717, 1.165) is 5.56 Å². The lowest BCUT2D eigenvalue weighted by atomic mass is 10.1.